The van der Waals surface area contributed by atoms with Gasteiger partial charge in [-0.3, -0.25) is 4.90 Å². The maximum atomic E-state index is 12.1. The number of thiophene rings is 1. The van der Waals surface area contributed by atoms with E-state index < -0.39 is 0 Å². The number of hydrogen-bond donors (Lipinski definition) is 1. The molecule has 0 saturated carbocycles. The maximum Gasteiger partial charge on any atom is 0.317 e. The molecule has 3 rings (SSSR count). The van der Waals surface area contributed by atoms with Crippen LogP contribution in [-0.2, 0) is 13.1 Å². The summed E-state index contributed by atoms with van der Waals surface area (Å²) in [5.74, 6) is 0. The second-order valence-electron chi connectivity index (χ2n) is 5.37. The zero-order valence-corrected chi connectivity index (χ0v) is 13.3. The van der Waals surface area contributed by atoms with Crippen LogP contribution in [0.15, 0.2) is 36.2 Å². The molecule has 0 unspecified atom stereocenters. The Morgan fingerprint density at radius 3 is 2.86 bits per heavy atom. The lowest BCUT2D eigenvalue weighted by atomic mass is 10.3. The van der Waals surface area contributed by atoms with E-state index in [-0.39, 0.29) is 6.03 Å². The minimum atomic E-state index is 0.0379. The van der Waals surface area contributed by atoms with Crippen LogP contribution in [0, 0.1) is 0 Å². The van der Waals surface area contributed by atoms with Crippen molar-refractivity contribution in [2.45, 2.75) is 13.1 Å². The predicted octanol–water partition coefficient (Wildman–Crippen LogP) is 1.47. The van der Waals surface area contributed by atoms with Gasteiger partial charge in [0, 0.05) is 63.1 Å². The Balaban J connectivity index is 1.36. The Morgan fingerprint density at radius 1 is 1.32 bits per heavy atom. The molecule has 0 atom stereocenters. The van der Waals surface area contributed by atoms with E-state index in [0.717, 1.165) is 39.3 Å². The van der Waals surface area contributed by atoms with E-state index >= 15 is 0 Å². The minimum absolute atomic E-state index is 0.0379. The average Bonchev–Trinajstić information content (AvgIpc) is 3.21. The van der Waals surface area contributed by atoms with Gasteiger partial charge in [-0.25, -0.2) is 9.78 Å². The SMILES string of the molecule is O=C(NCCn1ccnc1)N1CCN(Cc2cccs2)CC1. The van der Waals surface area contributed by atoms with E-state index in [1.54, 1.807) is 23.9 Å². The molecule has 2 amide bonds. The minimum Gasteiger partial charge on any atom is -0.336 e. The second-order valence-corrected chi connectivity index (χ2v) is 6.41. The number of urea groups is 1. The molecule has 2 aromatic heterocycles. The van der Waals surface area contributed by atoms with Gasteiger partial charge in [-0.05, 0) is 11.4 Å². The van der Waals surface area contributed by atoms with Gasteiger partial charge in [0.2, 0.25) is 0 Å². The van der Waals surface area contributed by atoms with E-state index in [2.05, 4.69) is 32.7 Å². The zero-order chi connectivity index (χ0) is 15.2. The fourth-order valence-corrected chi connectivity index (χ4v) is 3.30. The summed E-state index contributed by atoms with van der Waals surface area (Å²) in [6.45, 7) is 5.84. The molecule has 22 heavy (non-hydrogen) atoms. The van der Waals surface area contributed by atoms with Gasteiger partial charge in [0.1, 0.15) is 0 Å². The number of imidazole rings is 1. The number of nitrogens with zero attached hydrogens (tertiary/aromatic N) is 4. The number of carbonyl (C=O) groups excluding carboxylic acids is 1. The lowest BCUT2D eigenvalue weighted by Gasteiger charge is -2.34. The van der Waals surface area contributed by atoms with Crippen molar-refractivity contribution in [3.63, 3.8) is 0 Å². The summed E-state index contributed by atoms with van der Waals surface area (Å²) in [5.41, 5.74) is 0. The first-order valence-electron chi connectivity index (χ1n) is 7.54. The molecule has 0 bridgehead atoms. The van der Waals surface area contributed by atoms with Crippen LogP contribution < -0.4 is 5.32 Å². The molecule has 0 aromatic carbocycles. The highest BCUT2D eigenvalue weighted by Gasteiger charge is 2.20. The Labute approximate surface area is 134 Å². The number of amides is 2. The Hall–Kier alpha value is -1.86. The van der Waals surface area contributed by atoms with Crippen molar-refractivity contribution in [1.82, 2.24) is 24.7 Å². The van der Waals surface area contributed by atoms with E-state index in [1.165, 1.54) is 4.88 Å². The highest BCUT2D eigenvalue weighted by Crippen LogP contribution is 2.13. The number of piperazine rings is 1. The average molecular weight is 319 g/mol. The molecule has 7 heteroatoms. The van der Waals surface area contributed by atoms with Crippen LogP contribution in [0.1, 0.15) is 4.88 Å². The molecule has 1 aliphatic heterocycles. The lowest BCUT2D eigenvalue weighted by molar-refractivity contribution is 0.136. The molecule has 118 valence electrons. The molecule has 1 aliphatic rings. The van der Waals surface area contributed by atoms with Crippen LogP contribution in [-0.4, -0.2) is 58.1 Å². The normalized spacial score (nSPS) is 15.9. The largest absolute Gasteiger partial charge is 0.336 e. The molecule has 1 N–H and O–H groups in total. The fourth-order valence-electron chi connectivity index (χ4n) is 2.55. The van der Waals surface area contributed by atoms with Gasteiger partial charge in [0.15, 0.2) is 0 Å². The molecule has 0 spiro atoms. The van der Waals surface area contributed by atoms with E-state index in [4.69, 9.17) is 0 Å². The quantitative estimate of drug-likeness (QED) is 0.908. The molecule has 3 heterocycles. The number of rotatable bonds is 5. The highest BCUT2D eigenvalue weighted by molar-refractivity contribution is 7.09. The van der Waals surface area contributed by atoms with Gasteiger partial charge < -0.3 is 14.8 Å². The van der Waals surface area contributed by atoms with Crippen molar-refractivity contribution in [1.29, 1.82) is 0 Å². The summed E-state index contributed by atoms with van der Waals surface area (Å²) in [5, 5.41) is 5.08. The Bertz CT molecular complexity index is 561. The first-order valence-corrected chi connectivity index (χ1v) is 8.42. The zero-order valence-electron chi connectivity index (χ0n) is 12.5. The smallest absolute Gasteiger partial charge is 0.317 e. The van der Waals surface area contributed by atoms with Crippen molar-refractivity contribution < 1.29 is 4.79 Å². The van der Waals surface area contributed by atoms with Gasteiger partial charge in [-0.1, -0.05) is 6.07 Å². The predicted molar refractivity (Wildman–Crippen MR) is 86.8 cm³/mol. The van der Waals surface area contributed by atoms with Crippen LogP contribution in [0.5, 0.6) is 0 Å². The molecular formula is C15H21N5OS. The van der Waals surface area contributed by atoms with Gasteiger partial charge in [0.05, 0.1) is 6.33 Å². The van der Waals surface area contributed by atoms with Gasteiger partial charge >= 0.3 is 6.03 Å². The van der Waals surface area contributed by atoms with Crippen molar-refractivity contribution in [2.75, 3.05) is 32.7 Å². The van der Waals surface area contributed by atoms with Crippen LogP contribution >= 0.6 is 11.3 Å². The Morgan fingerprint density at radius 2 is 2.18 bits per heavy atom. The summed E-state index contributed by atoms with van der Waals surface area (Å²) in [4.78, 5) is 21.8. The molecular weight excluding hydrogens is 298 g/mol. The fraction of sp³-hybridized carbons (Fsp3) is 0.467. The van der Waals surface area contributed by atoms with Crippen LogP contribution in [0.25, 0.3) is 0 Å². The number of carbonyl (C=O) groups is 1. The van der Waals surface area contributed by atoms with Crippen molar-refractivity contribution in [3.05, 3.63) is 41.1 Å². The summed E-state index contributed by atoms with van der Waals surface area (Å²) in [6, 6.07) is 4.29. The van der Waals surface area contributed by atoms with E-state index in [0.29, 0.717) is 6.54 Å². The summed E-state index contributed by atoms with van der Waals surface area (Å²) >= 11 is 1.79. The van der Waals surface area contributed by atoms with Crippen molar-refractivity contribution in [3.8, 4) is 0 Å². The van der Waals surface area contributed by atoms with Gasteiger partial charge in [-0.15, -0.1) is 11.3 Å². The molecule has 6 nitrogen and oxygen atoms in total. The summed E-state index contributed by atoms with van der Waals surface area (Å²) in [6.07, 6.45) is 5.40. The van der Waals surface area contributed by atoms with Crippen molar-refractivity contribution in [2.24, 2.45) is 0 Å². The third-order valence-corrected chi connectivity index (χ3v) is 4.69. The number of aromatic nitrogens is 2. The van der Waals surface area contributed by atoms with Crippen molar-refractivity contribution >= 4 is 17.4 Å². The summed E-state index contributed by atoms with van der Waals surface area (Å²) in [7, 11) is 0. The molecule has 0 aliphatic carbocycles. The summed E-state index contributed by atoms with van der Waals surface area (Å²) < 4.78 is 1.96. The number of nitrogens with one attached hydrogen (secondary N) is 1. The van der Waals surface area contributed by atoms with E-state index in [1.807, 2.05) is 15.7 Å². The number of hydrogen-bond acceptors (Lipinski definition) is 4. The third kappa shape index (κ3) is 4.08. The second kappa shape index (κ2) is 7.42. The maximum absolute atomic E-state index is 12.1. The van der Waals surface area contributed by atoms with Gasteiger partial charge in [-0.2, -0.15) is 0 Å². The van der Waals surface area contributed by atoms with Gasteiger partial charge in [0.25, 0.3) is 0 Å². The molecule has 0 radical (unpaired) electrons. The van der Waals surface area contributed by atoms with Crippen LogP contribution in [0.3, 0.4) is 0 Å². The standard InChI is InChI=1S/C15H21N5OS/c21-15(17-4-6-19-5-3-16-13-19)20-9-7-18(8-10-20)12-14-2-1-11-22-14/h1-3,5,11,13H,4,6-10,12H2,(H,17,21). The first kappa shape index (κ1) is 15.1. The topological polar surface area (TPSA) is 53.4 Å². The first-order chi connectivity index (χ1) is 10.8. The lowest BCUT2D eigenvalue weighted by Crippen LogP contribution is -2.51. The third-order valence-electron chi connectivity index (χ3n) is 3.82. The van der Waals surface area contributed by atoms with Crippen LogP contribution in [0.4, 0.5) is 4.79 Å². The molecule has 1 saturated heterocycles. The van der Waals surface area contributed by atoms with E-state index in [9.17, 15) is 4.79 Å². The van der Waals surface area contributed by atoms with Crippen LogP contribution in [0.2, 0.25) is 0 Å². The monoisotopic (exact) mass is 319 g/mol. The Kier molecular flexibility index (Phi) is 5.07. The molecule has 1 fully saturated rings. The highest BCUT2D eigenvalue weighted by atomic mass is 32.1. The molecule has 2 aromatic rings.